The molecule has 24 heavy (non-hydrogen) atoms. The molecule has 7 heteroatoms. The van der Waals surface area contributed by atoms with Crippen LogP contribution < -0.4 is 10.1 Å². The highest BCUT2D eigenvalue weighted by molar-refractivity contribution is 5.84. The molecule has 3 aromatic heterocycles. The highest BCUT2D eigenvalue weighted by Gasteiger charge is 2.12. The zero-order valence-corrected chi connectivity index (χ0v) is 13.2. The number of hydrogen-bond donors (Lipinski definition) is 1. The summed E-state index contributed by atoms with van der Waals surface area (Å²) in [5, 5.41) is 12.3. The van der Waals surface area contributed by atoms with Crippen molar-refractivity contribution in [2.24, 2.45) is 7.05 Å². The van der Waals surface area contributed by atoms with E-state index in [1.54, 1.807) is 24.1 Å². The Balaban J connectivity index is 1.67. The van der Waals surface area contributed by atoms with Gasteiger partial charge < -0.3 is 14.6 Å². The fraction of sp³-hybridized carbons (Fsp3) is 0.118. The first kappa shape index (κ1) is 14.3. The van der Waals surface area contributed by atoms with E-state index in [4.69, 9.17) is 9.26 Å². The summed E-state index contributed by atoms with van der Waals surface area (Å²) in [7, 11) is 3.45. The number of pyridine rings is 1. The van der Waals surface area contributed by atoms with Crippen molar-refractivity contribution in [3.8, 4) is 17.0 Å². The van der Waals surface area contributed by atoms with Gasteiger partial charge in [0.05, 0.1) is 18.7 Å². The van der Waals surface area contributed by atoms with Gasteiger partial charge >= 0.3 is 0 Å². The van der Waals surface area contributed by atoms with Crippen LogP contribution in [0.2, 0.25) is 0 Å². The first-order valence-electron chi connectivity index (χ1n) is 7.40. The minimum Gasteiger partial charge on any atom is -0.496 e. The summed E-state index contributed by atoms with van der Waals surface area (Å²) >= 11 is 0. The number of rotatable bonds is 4. The van der Waals surface area contributed by atoms with Gasteiger partial charge in [0.2, 0.25) is 5.88 Å². The smallest absolute Gasteiger partial charge is 0.230 e. The molecule has 0 aliphatic rings. The number of fused-ring (bicyclic) bond motifs is 1. The van der Waals surface area contributed by atoms with Crippen molar-refractivity contribution in [2.45, 2.75) is 0 Å². The number of nitrogens with one attached hydrogen (secondary N) is 1. The molecule has 0 fully saturated rings. The molecule has 0 aliphatic heterocycles. The van der Waals surface area contributed by atoms with Crippen LogP contribution in [0.5, 0.6) is 5.75 Å². The van der Waals surface area contributed by atoms with Gasteiger partial charge in [-0.25, -0.2) is 4.98 Å². The van der Waals surface area contributed by atoms with E-state index in [0.717, 1.165) is 22.3 Å². The van der Waals surface area contributed by atoms with Gasteiger partial charge in [-0.3, -0.25) is 4.68 Å². The molecule has 120 valence electrons. The zero-order chi connectivity index (χ0) is 16.5. The summed E-state index contributed by atoms with van der Waals surface area (Å²) < 4.78 is 12.5. The predicted molar refractivity (Wildman–Crippen MR) is 90.3 cm³/mol. The number of nitrogens with zero attached hydrogens (tertiary/aromatic N) is 4. The maximum absolute atomic E-state index is 5.41. The summed E-state index contributed by atoms with van der Waals surface area (Å²) in [6.07, 6.45) is 1.73. The fourth-order valence-electron chi connectivity index (χ4n) is 2.52. The Kier molecular flexibility index (Phi) is 3.38. The van der Waals surface area contributed by atoms with E-state index in [-0.39, 0.29) is 0 Å². The van der Waals surface area contributed by atoms with Crippen LogP contribution in [0.4, 0.5) is 11.7 Å². The van der Waals surface area contributed by atoms with Crippen molar-refractivity contribution >= 4 is 22.7 Å². The van der Waals surface area contributed by atoms with Crippen LogP contribution in [0.3, 0.4) is 0 Å². The molecule has 0 saturated heterocycles. The van der Waals surface area contributed by atoms with E-state index >= 15 is 0 Å². The van der Waals surface area contributed by atoms with Gasteiger partial charge in [0, 0.05) is 24.7 Å². The molecular weight excluding hydrogens is 306 g/mol. The van der Waals surface area contributed by atoms with Crippen molar-refractivity contribution in [3.05, 3.63) is 48.7 Å². The highest BCUT2D eigenvalue weighted by atomic mass is 16.5. The van der Waals surface area contributed by atoms with Crippen molar-refractivity contribution in [1.82, 2.24) is 19.9 Å². The second kappa shape index (κ2) is 5.69. The van der Waals surface area contributed by atoms with E-state index in [1.165, 1.54) is 0 Å². The SMILES string of the molecule is COc1cc(Nc2cc(-c3ccccc3)no2)nc2c1cnn2C. The maximum Gasteiger partial charge on any atom is 0.230 e. The van der Waals surface area contributed by atoms with Gasteiger partial charge in [-0.15, -0.1) is 0 Å². The Bertz CT molecular complexity index is 991. The molecule has 0 unspecified atom stereocenters. The lowest BCUT2D eigenvalue weighted by Crippen LogP contribution is -1.98. The van der Waals surface area contributed by atoms with Gasteiger partial charge in [0.1, 0.15) is 17.3 Å². The molecule has 0 aliphatic carbocycles. The Labute approximate surface area is 137 Å². The van der Waals surface area contributed by atoms with Gasteiger partial charge in [0.15, 0.2) is 5.65 Å². The number of ether oxygens (including phenoxy) is 1. The van der Waals surface area contributed by atoms with Crippen LogP contribution in [0.15, 0.2) is 53.2 Å². The average Bonchev–Trinajstić information content (AvgIpc) is 3.23. The number of aryl methyl sites for hydroxylation is 1. The molecule has 3 heterocycles. The zero-order valence-electron chi connectivity index (χ0n) is 13.2. The molecular formula is C17H15N5O2. The quantitative estimate of drug-likeness (QED) is 0.621. The highest BCUT2D eigenvalue weighted by Crippen LogP contribution is 2.29. The average molecular weight is 321 g/mol. The lowest BCUT2D eigenvalue weighted by molar-refractivity contribution is 0.419. The van der Waals surface area contributed by atoms with Gasteiger partial charge in [-0.1, -0.05) is 35.5 Å². The number of methoxy groups -OCH3 is 1. The minimum atomic E-state index is 0.505. The van der Waals surface area contributed by atoms with Crippen LogP contribution in [0.1, 0.15) is 0 Å². The monoisotopic (exact) mass is 321 g/mol. The van der Waals surface area contributed by atoms with Gasteiger partial charge in [-0.05, 0) is 0 Å². The topological polar surface area (TPSA) is 78.0 Å². The first-order valence-corrected chi connectivity index (χ1v) is 7.40. The largest absolute Gasteiger partial charge is 0.496 e. The summed E-state index contributed by atoms with van der Waals surface area (Å²) in [5.41, 5.74) is 2.47. The van der Waals surface area contributed by atoms with E-state index in [1.807, 2.05) is 43.4 Å². The molecule has 0 saturated carbocycles. The normalized spacial score (nSPS) is 10.9. The Hall–Kier alpha value is -3.35. The van der Waals surface area contributed by atoms with E-state index in [9.17, 15) is 0 Å². The second-order valence-electron chi connectivity index (χ2n) is 5.28. The van der Waals surface area contributed by atoms with Crippen LogP contribution in [0.25, 0.3) is 22.3 Å². The first-order chi connectivity index (χ1) is 11.7. The summed E-state index contributed by atoms with van der Waals surface area (Å²) in [6, 6.07) is 13.5. The number of benzene rings is 1. The molecule has 0 spiro atoms. The third-order valence-electron chi connectivity index (χ3n) is 3.72. The van der Waals surface area contributed by atoms with Crippen LogP contribution >= 0.6 is 0 Å². The van der Waals surface area contributed by atoms with Crippen LogP contribution in [0, 0.1) is 0 Å². The Morgan fingerprint density at radius 1 is 1.17 bits per heavy atom. The molecule has 0 atom stereocenters. The molecule has 1 aromatic carbocycles. The Morgan fingerprint density at radius 3 is 2.79 bits per heavy atom. The lowest BCUT2D eigenvalue weighted by atomic mass is 10.2. The Morgan fingerprint density at radius 2 is 2.00 bits per heavy atom. The number of aromatic nitrogens is 4. The van der Waals surface area contributed by atoms with E-state index in [0.29, 0.717) is 17.5 Å². The second-order valence-corrected chi connectivity index (χ2v) is 5.28. The van der Waals surface area contributed by atoms with Crippen molar-refractivity contribution in [1.29, 1.82) is 0 Å². The molecule has 4 rings (SSSR count). The van der Waals surface area contributed by atoms with E-state index in [2.05, 4.69) is 20.6 Å². The summed E-state index contributed by atoms with van der Waals surface area (Å²) in [4.78, 5) is 4.54. The van der Waals surface area contributed by atoms with E-state index < -0.39 is 0 Å². The third-order valence-corrected chi connectivity index (χ3v) is 3.72. The molecule has 1 N–H and O–H groups in total. The minimum absolute atomic E-state index is 0.505. The van der Waals surface area contributed by atoms with Crippen LogP contribution in [-0.4, -0.2) is 27.0 Å². The number of anilines is 2. The predicted octanol–water partition coefficient (Wildman–Crippen LogP) is 3.38. The fourth-order valence-corrected chi connectivity index (χ4v) is 2.52. The molecule has 0 amide bonds. The van der Waals surface area contributed by atoms with Crippen molar-refractivity contribution in [3.63, 3.8) is 0 Å². The van der Waals surface area contributed by atoms with Gasteiger partial charge in [-0.2, -0.15) is 5.10 Å². The molecule has 7 nitrogen and oxygen atoms in total. The third kappa shape index (κ3) is 2.45. The summed E-state index contributed by atoms with van der Waals surface area (Å²) in [5.74, 6) is 1.79. The summed E-state index contributed by atoms with van der Waals surface area (Å²) in [6.45, 7) is 0. The van der Waals surface area contributed by atoms with Crippen molar-refractivity contribution < 1.29 is 9.26 Å². The standard InChI is InChI=1S/C17H15N5O2/c1-22-17-12(10-18-22)14(23-2)9-15(20-17)19-16-8-13(21-24-16)11-6-4-3-5-7-11/h3-10H,1-2H3,(H,19,20). The van der Waals surface area contributed by atoms with Crippen molar-refractivity contribution in [2.75, 3.05) is 12.4 Å². The van der Waals surface area contributed by atoms with Crippen LogP contribution in [-0.2, 0) is 7.05 Å². The maximum atomic E-state index is 5.41. The molecule has 0 radical (unpaired) electrons. The lowest BCUT2D eigenvalue weighted by Gasteiger charge is -2.06. The van der Waals surface area contributed by atoms with Gasteiger partial charge in [0.25, 0.3) is 0 Å². The molecule has 0 bridgehead atoms. The molecule has 4 aromatic rings. The number of hydrogen-bond acceptors (Lipinski definition) is 6.